The van der Waals surface area contributed by atoms with Gasteiger partial charge in [0.25, 0.3) is 0 Å². The highest BCUT2D eigenvalue weighted by molar-refractivity contribution is 6.08. The standard InChI is InChI=1S/C22H24FN7O3/c1-4-33-21(32)18-17-19(29(3)13(2)20(31)26-17)28-22(27-18)24-9-15-10-25-30(12-15)11-14-5-7-16(23)8-6-14/h5-8,10,12-13H,4,9,11H2,1-3H3,(H,26,31)(H,24,27,28). The van der Waals surface area contributed by atoms with Crippen molar-refractivity contribution in [1.82, 2.24) is 19.7 Å². The van der Waals surface area contributed by atoms with Crippen molar-refractivity contribution >= 4 is 29.3 Å². The highest BCUT2D eigenvalue weighted by Crippen LogP contribution is 2.33. The van der Waals surface area contributed by atoms with Crippen LogP contribution in [-0.2, 0) is 22.6 Å². The molecule has 0 spiro atoms. The Kier molecular flexibility index (Phi) is 6.20. The van der Waals surface area contributed by atoms with Crippen molar-refractivity contribution < 1.29 is 18.7 Å². The molecule has 1 amide bonds. The number of anilines is 3. The van der Waals surface area contributed by atoms with Gasteiger partial charge in [-0.15, -0.1) is 0 Å². The number of aromatic nitrogens is 4. The average molecular weight is 453 g/mol. The van der Waals surface area contributed by atoms with E-state index in [1.807, 2.05) is 6.20 Å². The zero-order chi connectivity index (χ0) is 23.5. The Morgan fingerprint density at radius 1 is 1.24 bits per heavy atom. The zero-order valence-corrected chi connectivity index (χ0v) is 18.5. The number of amides is 1. The summed E-state index contributed by atoms with van der Waals surface area (Å²) >= 11 is 0. The molecule has 0 aliphatic carbocycles. The minimum atomic E-state index is -0.644. The van der Waals surface area contributed by atoms with E-state index in [9.17, 15) is 14.0 Å². The van der Waals surface area contributed by atoms with E-state index in [2.05, 4.69) is 25.7 Å². The van der Waals surface area contributed by atoms with Gasteiger partial charge in [0.15, 0.2) is 11.5 Å². The van der Waals surface area contributed by atoms with Crippen molar-refractivity contribution in [2.75, 3.05) is 29.2 Å². The second-order valence-electron chi connectivity index (χ2n) is 7.62. The molecule has 1 aliphatic rings. The van der Waals surface area contributed by atoms with Gasteiger partial charge in [0, 0.05) is 25.4 Å². The molecule has 172 valence electrons. The summed E-state index contributed by atoms with van der Waals surface area (Å²) in [5, 5.41) is 10.1. The number of carbonyl (C=O) groups is 2. The number of hydrogen-bond acceptors (Lipinski definition) is 8. The van der Waals surface area contributed by atoms with Crippen LogP contribution in [0.15, 0.2) is 36.7 Å². The monoisotopic (exact) mass is 453 g/mol. The SMILES string of the molecule is CCOC(=O)c1nc(NCc2cnn(Cc3ccc(F)cc3)c2)nc2c1NC(=O)C(C)N2C. The summed E-state index contributed by atoms with van der Waals surface area (Å²) in [5.74, 6) is -0.535. The van der Waals surface area contributed by atoms with Crippen LogP contribution in [0.1, 0.15) is 35.5 Å². The highest BCUT2D eigenvalue weighted by Gasteiger charge is 2.33. The Balaban J connectivity index is 1.53. The molecule has 4 rings (SSSR count). The summed E-state index contributed by atoms with van der Waals surface area (Å²) < 4.78 is 19.9. The van der Waals surface area contributed by atoms with Crippen molar-refractivity contribution in [3.63, 3.8) is 0 Å². The molecule has 33 heavy (non-hydrogen) atoms. The van der Waals surface area contributed by atoms with Crippen LogP contribution in [0.25, 0.3) is 0 Å². The van der Waals surface area contributed by atoms with Crippen LogP contribution in [0, 0.1) is 5.82 Å². The minimum Gasteiger partial charge on any atom is -0.461 e. The van der Waals surface area contributed by atoms with Crippen LogP contribution in [0.3, 0.4) is 0 Å². The van der Waals surface area contributed by atoms with E-state index in [1.165, 1.54) is 12.1 Å². The summed E-state index contributed by atoms with van der Waals surface area (Å²) in [6.07, 6.45) is 3.56. The largest absolute Gasteiger partial charge is 0.461 e. The van der Waals surface area contributed by atoms with Crippen molar-refractivity contribution in [2.24, 2.45) is 0 Å². The van der Waals surface area contributed by atoms with Crippen LogP contribution in [0.5, 0.6) is 0 Å². The number of nitrogens with zero attached hydrogens (tertiary/aromatic N) is 5. The van der Waals surface area contributed by atoms with E-state index in [0.29, 0.717) is 18.9 Å². The van der Waals surface area contributed by atoms with Gasteiger partial charge in [-0.3, -0.25) is 9.48 Å². The molecule has 0 bridgehead atoms. The molecular weight excluding hydrogens is 429 g/mol. The van der Waals surface area contributed by atoms with Crippen molar-refractivity contribution in [2.45, 2.75) is 33.0 Å². The van der Waals surface area contributed by atoms with Crippen molar-refractivity contribution in [3.05, 3.63) is 59.3 Å². The molecule has 11 heteroatoms. The molecule has 10 nitrogen and oxygen atoms in total. The van der Waals surface area contributed by atoms with Crippen molar-refractivity contribution in [3.8, 4) is 0 Å². The third-order valence-electron chi connectivity index (χ3n) is 5.30. The fourth-order valence-electron chi connectivity index (χ4n) is 3.37. The molecule has 0 fully saturated rings. The predicted molar refractivity (Wildman–Crippen MR) is 120 cm³/mol. The Labute approximate surface area is 189 Å². The van der Waals surface area contributed by atoms with Gasteiger partial charge < -0.3 is 20.3 Å². The average Bonchev–Trinajstić information content (AvgIpc) is 3.25. The van der Waals surface area contributed by atoms with Crippen LogP contribution in [-0.4, -0.2) is 51.3 Å². The first-order valence-electron chi connectivity index (χ1n) is 10.5. The quantitative estimate of drug-likeness (QED) is 0.525. The third kappa shape index (κ3) is 4.76. The first-order valence-corrected chi connectivity index (χ1v) is 10.5. The number of carbonyl (C=O) groups excluding carboxylic acids is 2. The lowest BCUT2D eigenvalue weighted by Crippen LogP contribution is -2.45. The molecule has 0 radical (unpaired) electrons. The Morgan fingerprint density at radius 3 is 2.73 bits per heavy atom. The molecule has 0 saturated heterocycles. The smallest absolute Gasteiger partial charge is 0.359 e. The first-order chi connectivity index (χ1) is 15.9. The predicted octanol–water partition coefficient (Wildman–Crippen LogP) is 2.43. The lowest BCUT2D eigenvalue weighted by atomic mass is 10.1. The molecule has 3 aromatic rings. The molecule has 1 aromatic carbocycles. The van der Waals surface area contributed by atoms with Crippen LogP contribution < -0.4 is 15.5 Å². The van der Waals surface area contributed by atoms with Crippen molar-refractivity contribution in [1.29, 1.82) is 0 Å². The van der Waals surface area contributed by atoms with Gasteiger partial charge in [0.1, 0.15) is 17.5 Å². The molecular formula is C22H24FN7O3. The Morgan fingerprint density at radius 2 is 2.00 bits per heavy atom. The molecule has 1 unspecified atom stereocenters. The number of nitrogens with one attached hydrogen (secondary N) is 2. The van der Waals surface area contributed by atoms with Crippen LogP contribution >= 0.6 is 0 Å². The van der Waals surface area contributed by atoms with Gasteiger partial charge in [-0.1, -0.05) is 12.1 Å². The van der Waals surface area contributed by atoms with Gasteiger partial charge in [-0.25, -0.2) is 14.2 Å². The second kappa shape index (κ2) is 9.23. The number of fused-ring (bicyclic) bond motifs is 1. The second-order valence-corrected chi connectivity index (χ2v) is 7.62. The molecule has 0 saturated carbocycles. The lowest BCUT2D eigenvalue weighted by Gasteiger charge is -2.32. The van der Waals surface area contributed by atoms with E-state index in [-0.39, 0.29) is 35.7 Å². The molecule has 3 heterocycles. The molecule has 1 aliphatic heterocycles. The summed E-state index contributed by atoms with van der Waals surface area (Å²) in [6.45, 7) is 4.48. The number of ether oxygens (including phenoxy) is 1. The number of halogens is 1. The van der Waals surface area contributed by atoms with Gasteiger partial charge in [-0.2, -0.15) is 10.1 Å². The highest BCUT2D eigenvalue weighted by atomic mass is 19.1. The van der Waals surface area contributed by atoms with E-state index in [0.717, 1.165) is 11.1 Å². The fourth-order valence-corrected chi connectivity index (χ4v) is 3.37. The van der Waals surface area contributed by atoms with E-state index >= 15 is 0 Å². The van der Waals surface area contributed by atoms with Crippen LogP contribution in [0.2, 0.25) is 0 Å². The van der Waals surface area contributed by atoms with Gasteiger partial charge in [0.05, 0.1) is 19.3 Å². The molecule has 1 atom stereocenters. The maximum atomic E-state index is 13.1. The number of benzene rings is 1. The molecule has 2 aromatic heterocycles. The molecule has 2 N–H and O–H groups in total. The number of esters is 1. The van der Waals surface area contributed by atoms with E-state index in [1.54, 1.807) is 48.8 Å². The zero-order valence-electron chi connectivity index (χ0n) is 18.5. The summed E-state index contributed by atoms with van der Waals surface area (Å²) in [7, 11) is 1.73. The number of rotatable bonds is 7. The Bertz CT molecular complexity index is 1180. The van der Waals surface area contributed by atoms with E-state index < -0.39 is 12.0 Å². The maximum absolute atomic E-state index is 13.1. The minimum absolute atomic E-state index is 0.0107. The number of likely N-dealkylation sites (N-methyl/N-ethyl adjacent to an activating group) is 1. The van der Waals surface area contributed by atoms with Crippen LogP contribution in [0.4, 0.5) is 21.8 Å². The number of hydrogen-bond donors (Lipinski definition) is 2. The van der Waals surface area contributed by atoms with Gasteiger partial charge in [-0.05, 0) is 31.5 Å². The van der Waals surface area contributed by atoms with Gasteiger partial charge in [0.2, 0.25) is 11.9 Å². The maximum Gasteiger partial charge on any atom is 0.359 e. The fraction of sp³-hybridized carbons (Fsp3) is 0.318. The topological polar surface area (TPSA) is 114 Å². The summed E-state index contributed by atoms with van der Waals surface area (Å²) in [6, 6.07) is 5.79. The van der Waals surface area contributed by atoms with Gasteiger partial charge >= 0.3 is 5.97 Å². The normalized spacial score (nSPS) is 15.1. The Hall–Kier alpha value is -4.02. The lowest BCUT2D eigenvalue weighted by molar-refractivity contribution is -0.117. The summed E-state index contributed by atoms with van der Waals surface area (Å²) in [4.78, 5) is 35.2. The van der Waals surface area contributed by atoms with E-state index in [4.69, 9.17) is 4.74 Å². The summed E-state index contributed by atoms with van der Waals surface area (Å²) in [5.41, 5.74) is 2.02. The third-order valence-corrected chi connectivity index (χ3v) is 5.30. The first kappa shape index (κ1) is 22.2.